The summed E-state index contributed by atoms with van der Waals surface area (Å²) in [6.07, 6.45) is 0.903. The minimum Gasteiger partial charge on any atom is -0.207 e. The van der Waals surface area contributed by atoms with Gasteiger partial charge in [-0.25, -0.2) is 8.42 Å². The molecule has 3 nitrogen and oxygen atoms in total. The summed E-state index contributed by atoms with van der Waals surface area (Å²) >= 11 is 3.58. The molecule has 1 aliphatic rings. The lowest BCUT2D eigenvalue weighted by molar-refractivity contribution is 0.300. The van der Waals surface area contributed by atoms with Crippen LogP contribution >= 0.6 is 15.9 Å². The van der Waals surface area contributed by atoms with Crippen LogP contribution in [0.1, 0.15) is 24.5 Å². The Balaban J connectivity index is 2.32. The van der Waals surface area contributed by atoms with Crippen LogP contribution in [0.3, 0.4) is 0 Å². The lowest BCUT2D eigenvalue weighted by Gasteiger charge is -2.33. The fraction of sp³-hybridized carbons (Fsp3) is 0.571. The van der Waals surface area contributed by atoms with Crippen molar-refractivity contribution in [1.82, 2.24) is 4.31 Å². The van der Waals surface area contributed by atoms with Gasteiger partial charge in [-0.1, -0.05) is 40.5 Å². The second kappa shape index (κ2) is 5.54. The third-order valence-corrected chi connectivity index (χ3v) is 7.00. The van der Waals surface area contributed by atoms with Crippen LogP contribution in [0, 0.1) is 19.8 Å². The van der Waals surface area contributed by atoms with Gasteiger partial charge in [-0.2, -0.15) is 4.31 Å². The third kappa shape index (κ3) is 3.03. The molecule has 0 bridgehead atoms. The van der Waals surface area contributed by atoms with Crippen LogP contribution in [0.5, 0.6) is 0 Å². The van der Waals surface area contributed by atoms with Gasteiger partial charge in [0.2, 0.25) is 10.0 Å². The fourth-order valence-electron chi connectivity index (χ4n) is 2.44. The van der Waals surface area contributed by atoms with Crippen LogP contribution in [-0.4, -0.2) is 30.6 Å². The lowest BCUT2D eigenvalue weighted by atomic mass is 10.0. The Kier molecular flexibility index (Phi) is 4.38. The zero-order valence-corrected chi connectivity index (χ0v) is 14.0. The molecule has 0 aromatic heterocycles. The largest absolute Gasteiger partial charge is 0.243 e. The molecule has 0 N–H and O–H groups in total. The third-order valence-electron chi connectivity index (χ3n) is 3.78. The number of aryl methyl sites for hydroxylation is 2. The maximum atomic E-state index is 12.7. The van der Waals surface area contributed by atoms with Crippen LogP contribution in [0.25, 0.3) is 0 Å². The van der Waals surface area contributed by atoms with Crippen molar-refractivity contribution in [2.24, 2.45) is 5.92 Å². The first-order valence-electron chi connectivity index (χ1n) is 6.54. The molecule has 2 rings (SSSR count). The summed E-state index contributed by atoms with van der Waals surface area (Å²) in [5.74, 6) is 0.519. The van der Waals surface area contributed by atoms with E-state index >= 15 is 0 Å². The molecule has 1 saturated heterocycles. The number of benzene rings is 1. The molecule has 106 valence electrons. The molecule has 5 heteroatoms. The van der Waals surface area contributed by atoms with Crippen molar-refractivity contribution in [3.05, 3.63) is 29.3 Å². The fourth-order valence-corrected chi connectivity index (χ4v) is 4.93. The summed E-state index contributed by atoms with van der Waals surface area (Å²) in [5.41, 5.74) is 1.91. The van der Waals surface area contributed by atoms with Gasteiger partial charge in [0.05, 0.1) is 4.90 Å². The smallest absolute Gasteiger partial charge is 0.207 e. The van der Waals surface area contributed by atoms with E-state index in [0.29, 0.717) is 23.9 Å². The van der Waals surface area contributed by atoms with Crippen molar-refractivity contribution < 1.29 is 8.42 Å². The van der Waals surface area contributed by atoms with Gasteiger partial charge in [0, 0.05) is 17.9 Å². The second-order valence-electron chi connectivity index (χ2n) is 5.41. The zero-order chi connectivity index (χ0) is 14.2. The summed E-state index contributed by atoms with van der Waals surface area (Å²) in [7, 11) is -3.36. The molecule has 2 unspecified atom stereocenters. The molecule has 1 fully saturated rings. The van der Waals surface area contributed by atoms with Gasteiger partial charge < -0.3 is 0 Å². The van der Waals surface area contributed by atoms with Crippen LogP contribution in [0.15, 0.2) is 23.1 Å². The number of piperidine rings is 1. The molecule has 1 aliphatic heterocycles. The molecule has 0 aliphatic carbocycles. The number of hydrogen-bond acceptors (Lipinski definition) is 2. The van der Waals surface area contributed by atoms with E-state index in [2.05, 4.69) is 22.9 Å². The van der Waals surface area contributed by atoms with E-state index in [0.717, 1.165) is 17.5 Å². The van der Waals surface area contributed by atoms with Crippen molar-refractivity contribution in [3.8, 4) is 0 Å². The normalized spacial score (nSPS) is 25.5. The Bertz CT molecular complexity index is 571. The highest BCUT2D eigenvalue weighted by Crippen LogP contribution is 2.29. The van der Waals surface area contributed by atoms with Crippen molar-refractivity contribution in [2.75, 3.05) is 13.1 Å². The van der Waals surface area contributed by atoms with Gasteiger partial charge in [-0.05, 0) is 37.8 Å². The van der Waals surface area contributed by atoms with Crippen LogP contribution in [-0.2, 0) is 10.0 Å². The van der Waals surface area contributed by atoms with Gasteiger partial charge >= 0.3 is 0 Å². The van der Waals surface area contributed by atoms with Gasteiger partial charge in [0.1, 0.15) is 0 Å². The second-order valence-corrected chi connectivity index (χ2v) is 8.50. The summed E-state index contributed by atoms with van der Waals surface area (Å²) < 4.78 is 27.0. The number of hydrogen-bond donors (Lipinski definition) is 0. The van der Waals surface area contributed by atoms with Crippen LogP contribution < -0.4 is 0 Å². The maximum absolute atomic E-state index is 12.7. The molecule has 1 aromatic rings. The lowest BCUT2D eigenvalue weighted by Crippen LogP contribution is -2.43. The first kappa shape index (κ1) is 15.0. The minimum atomic E-state index is -3.36. The van der Waals surface area contributed by atoms with Gasteiger partial charge in [-0.3, -0.25) is 0 Å². The van der Waals surface area contributed by atoms with Crippen LogP contribution in [0.2, 0.25) is 0 Å². The Morgan fingerprint density at radius 2 is 2.00 bits per heavy atom. The maximum Gasteiger partial charge on any atom is 0.243 e. The van der Waals surface area contributed by atoms with E-state index in [4.69, 9.17) is 0 Å². The quantitative estimate of drug-likeness (QED) is 0.772. The average Bonchev–Trinajstić information content (AvgIpc) is 2.32. The van der Waals surface area contributed by atoms with Crippen LogP contribution in [0.4, 0.5) is 0 Å². The van der Waals surface area contributed by atoms with Crippen molar-refractivity contribution in [2.45, 2.75) is 36.9 Å². The average molecular weight is 346 g/mol. The Morgan fingerprint density at radius 3 is 2.58 bits per heavy atom. The minimum absolute atomic E-state index is 0.238. The predicted molar refractivity (Wildman–Crippen MR) is 81.2 cm³/mol. The standard InChI is InChI=1S/C14H20BrNO2S/c1-10-4-5-14(12(3)8-10)19(17,18)16-7-6-11(2)13(15)9-16/h4-5,8,11,13H,6-7,9H2,1-3H3. The highest BCUT2D eigenvalue weighted by atomic mass is 79.9. The summed E-state index contributed by atoms with van der Waals surface area (Å²) in [6, 6.07) is 5.50. The number of alkyl halides is 1. The van der Waals surface area contributed by atoms with Crippen molar-refractivity contribution in [3.63, 3.8) is 0 Å². The Labute approximate surface area is 124 Å². The Morgan fingerprint density at radius 1 is 1.32 bits per heavy atom. The van der Waals surface area contributed by atoms with Crippen molar-refractivity contribution in [1.29, 1.82) is 0 Å². The summed E-state index contributed by atoms with van der Waals surface area (Å²) in [4.78, 5) is 0.675. The SMILES string of the molecule is Cc1ccc(S(=O)(=O)N2CCC(C)C(Br)C2)c(C)c1. The van der Waals surface area contributed by atoms with E-state index in [1.54, 1.807) is 10.4 Å². The molecule has 0 saturated carbocycles. The molecule has 0 amide bonds. The number of nitrogens with zero attached hydrogens (tertiary/aromatic N) is 1. The van der Waals surface area contributed by atoms with Crippen molar-refractivity contribution >= 4 is 26.0 Å². The molecule has 2 atom stereocenters. The van der Waals surface area contributed by atoms with E-state index in [1.807, 2.05) is 26.0 Å². The van der Waals surface area contributed by atoms with Gasteiger partial charge in [0.25, 0.3) is 0 Å². The Hall–Kier alpha value is -0.390. The van der Waals surface area contributed by atoms with E-state index < -0.39 is 10.0 Å². The van der Waals surface area contributed by atoms with E-state index in [1.165, 1.54) is 0 Å². The number of rotatable bonds is 2. The molecular weight excluding hydrogens is 326 g/mol. The topological polar surface area (TPSA) is 37.4 Å². The monoisotopic (exact) mass is 345 g/mol. The predicted octanol–water partition coefficient (Wildman–Crippen LogP) is 3.10. The summed E-state index contributed by atoms with van der Waals surface area (Å²) in [6.45, 7) is 7.15. The molecule has 19 heavy (non-hydrogen) atoms. The van der Waals surface area contributed by atoms with Gasteiger partial charge in [-0.15, -0.1) is 0 Å². The number of halogens is 1. The zero-order valence-electron chi connectivity index (χ0n) is 11.6. The highest BCUT2D eigenvalue weighted by Gasteiger charge is 2.33. The first-order chi connectivity index (χ1) is 8.82. The summed E-state index contributed by atoms with van der Waals surface area (Å²) in [5, 5.41) is 0. The first-order valence-corrected chi connectivity index (χ1v) is 8.89. The van der Waals surface area contributed by atoms with Gasteiger partial charge in [0.15, 0.2) is 0 Å². The highest BCUT2D eigenvalue weighted by molar-refractivity contribution is 9.09. The molecular formula is C14H20BrNO2S. The molecule has 0 spiro atoms. The van der Waals surface area contributed by atoms with E-state index in [9.17, 15) is 8.42 Å². The molecule has 0 radical (unpaired) electrons. The molecule has 1 aromatic carbocycles. The molecule has 1 heterocycles. The van der Waals surface area contributed by atoms with E-state index in [-0.39, 0.29) is 4.83 Å². The number of sulfonamides is 1.